The molecule has 0 radical (unpaired) electrons. The molecular formula is C32H47N5O10S2. The number of amides is 1. The van der Waals surface area contributed by atoms with Gasteiger partial charge in [0.05, 0.1) is 30.4 Å². The Morgan fingerprint density at radius 3 is 2.24 bits per heavy atom. The van der Waals surface area contributed by atoms with E-state index in [9.17, 15) is 26.7 Å². The molecule has 3 aromatic rings. The standard InChI is InChI=1S/C32H47N5O10S2/c1-19-16-37(20(2)18-38)32(39)27-15-26(35-48(40,41)30-22(4)33-46-24(30)6)12-13-28(27)45-21(3)11-9-10-14-44-29(19)17-36(8)49(42,43)31-23(5)34-47-25(31)7/h12-13,15,19-21,29,35,38H,9-11,14,16-18H2,1-8H3/t19-,20-,21-,29+/m0/s1. The summed E-state index contributed by atoms with van der Waals surface area (Å²) < 4.78 is 80.2. The normalized spacial score (nSPS) is 20.8. The highest BCUT2D eigenvalue weighted by Crippen LogP contribution is 2.31. The number of carbonyl (C=O) groups is 1. The number of nitrogens with zero attached hydrogens (tertiary/aromatic N) is 4. The fourth-order valence-corrected chi connectivity index (χ4v) is 8.71. The molecule has 3 heterocycles. The van der Waals surface area contributed by atoms with Crippen LogP contribution in [0.2, 0.25) is 0 Å². The third kappa shape index (κ3) is 8.63. The minimum Gasteiger partial charge on any atom is -0.490 e. The molecular weight excluding hydrogens is 679 g/mol. The molecule has 2 N–H and O–H groups in total. The van der Waals surface area contributed by atoms with Crippen molar-refractivity contribution in [3.8, 4) is 5.75 Å². The molecule has 15 nitrogen and oxygen atoms in total. The van der Waals surface area contributed by atoms with Crippen LogP contribution in [0.15, 0.2) is 37.0 Å². The molecule has 4 atom stereocenters. The van der Waals surface area contributed by atoms with Crippen molar-refractivity contribution in [2.24, 2.45) is 5.92 Å². The molecule has 0 unspecified atom stereocenters. The van der Waals surface area contributed by atoms with Crippen molar-refractivity contribution in [2.45, 2.75) is 95.8 Å². The zero-order chi connectivity index (χ0) is 36.3. The Bertz CT molecular complexity index is 1800. The van der Waals surface area contributed by atoms with Gasteiger partial charge in [0, 0.05) is 38.3 Å². The predicted octanol–water partition coefficient (Wildman–Crippen LogP) is 3.81. The van der Waals surface area contributed by atoms with Crippen LogP contribution in [0.3, 0.4) is 0 Å². The topological polar surface area (TPSA) is 195 Å². The number of likely N-dealkylation sites (N-methyl/N-ethyl adjacent to an activating group) is 1. The molecule has 2 aromatic heterocycles. The molecule has 1 aliphatic rings. The quantitative estimate of drug-likeness (QED) is 0.324. The first-order valence-electron chi connectivity index (χ1n) is 16.2. The van der Waals surface area contributed by atoms with Crippen molar-refractivity contribution < 1.29 is 45.3 Å². The number of aliphatic hydroxyl groups excluding tert-OH is 1. The van der Waals surface area contributed by atoms with E-state index in [1.165, 1.54) is 49.2 Å². The van der Waals surface area contributed by atoms with Gasteiger partial charge >= 0.3 is 0 Å². The molecule has 49 heavy (non-hydrogen) atoms. The average molecular weight is 726 g/mol. The SMILES string of the molecule is Cc1noc(C)c1S(=O)(=O)Nc1ccc2c(c1)C(=O)N([C@@H](C)CO)C[C@H](C)[C@@H](CN(C)S(=O)(=O)c1c(C)noc1C)OCCCC[C@H](C)O2. The van der Waals surface area contributed by atoms with Crippen LogP contribution in [-0.2, 0) is 24.8 Å². The summed E-state index contributed by atoms with van der Waals surface area (Å²) in [6, 6.07) is 3.80. The Hall–Kier alpha value is -3.51. The van der Waals surface area contributed by atoms with E-state index in [1.54, 1.807) is 19.9 Å². The van der Waals surface area contributed by atoms with Gasteiger partial charge in [0.2, 0.25) is 10.0 Å². The van der Waals surface area contributed by atoms with Gasteiger partial charge in [-0.1, -0.05) is 17.2 Å². The monoisotopic (exact) mass is 725 g/mol. The van der Waals surface area contributed by atoms with Crippen LogP contribution in [0.5, 0.6) is 5.75 Å². The van der Waals surface area contributed by atoms with Gasteiger partial charge in [0.25, 0.3) is 15.9 Å². The van der Waals surface area contributed by atoms with Gasteiger partial charge in [-0.05, 0) is 79.0 Å². The Morgan fingerprint density at radius 2 is 1.65 bits per heavy atom. The maximum atomic E-state index is 14.4. The third-order valence-electron chi connectivity index (χ3n) is 8.61. The second-order valence-electron chi connectivity index (χ2n) is 12.7. The summed E-state index contributed by atoms with van der Waals surface area (Å²) >= 11 is 0. The van der Waals surface area contributed by atoms with Crippen molar-refractivity contribution >= 4 is 31.6 Å². The molecule has 272 valence electrons. The van der Waals surface area contributed by atoms with Gasteiger partial charge in [0.1, 0.15) is 22.0 Å². The van der Waals surface area contributed by atoms with E-state index in [-0.39, 0.29) is 75.5 Å². The number of ether oxygens (including phenoxy) is 2. The van der Waals surface area contributed by atoms with Crippen molar-refractivity contribution in [3.05, 3.63) is 46.7 Å². The fraction of sp³-hybridized carbons (Fsp3) is 0.594. The third-order valence-corrected chi connectivity index (χ3v) is 12.3. The molecule has 1 aromatic carbocycles. The Labute approximate surface area is 288 Å². The summed E-state index contributed by atoms with van der Waals surface area (Å²) in [6.07, 6.45) is 1.12. The number of benzene rings is 1. The van der Waals surface area contributed by atoms with Gasteiger partial charge in [-0.25, -0.2) is 16.8 Å². The maximum absolute atomic E-state index is 14.4. The lowest BCUT2D eigenvalue weighted by Gasteiger charge is -2.35. The van der Waals surface area contributed by atoms with Gasteiger partial charge in [-0.2, -0.15) is 4.31 Å². The molecule has 0 saturated heterocycles. The Balaban J connectivity index is 1.70. The summed E-state index contributed by atoms with van der Waals surface area (Å²) in [5.74, 6) is -0.360. The number of sulfonamides is 2. The van der Waals surface area contributed by atoms with E-state index in [0.29, 0.717) is 19.4 Å². The highest BCUT2D eigenvalue weighted by Gasteiger charge is 2.35. The van der Waals surface area contributed by atoms with Crippen LogP contribution in [-0.4, -0.2) is 99.0 Å². The van der Waals surface area contributed by atoms with Gasteiger partial charge < -0.3 is 28.5 Å². The van der Waals surface area contributed by atoms with Crippen molar-refractivity contribution in [3.63, 3.8) is 0 Å². The highest BCUT2D eigenvalue weighted by molar-refractivity contribution is 7.92. The molecule has 0 spiro atoms. The summed E-state index contributed by atoms with van der Waals surface area (Å²) in [6.45, 7) is 11.6. The summed E-state index contributed by atoms with van der Waals surface area (Å²) in [4.78, 5) is 15.8. The molecule has 0 saturated carbocycles. The number of anilines is 1. The van der Waals surface area contributed by atoms with Crippen LogP contribution in [0.1, 0.15) is 73.3 Å². The van der Waals surface area contributed by atoms with Crippen LogP contribution >= 0.6 is 0 Å². The van der Waals surface area contributed by atoms with Crippen LogP contribution in [0.4, 0.5) is 5.69 Å². The highest BCUT2D eigenvalue weighted by atomic mass is 32.2. The van der Waals surface area contributed by atoms with Gasteiger partial charge in [-0.15, -0.1) is 0 Å². The summed E-state index contributed by atoms with van der Waals surface area (Å²) in [5, 5.41) is 17.8. The predicted molar refractivity (Wildman–Crippen MR) is 179 cm³/mol. The Morgan fingerprint density at radius 1 is 1.02 bits per heavy atom. The molecule has 4 rings (SSSR count). The van der Waals surface area contributed by atoms with E-state index in [2.05, 4.69) is 15.0 Å². The van der Waals surface area contributed by atoms with E-state index in [1.807, 2.05) is 13.8 Å². The number of rotatable bonds is 9. The lowest BCUT2D eigenvalue weighted by Crippen LogP contribution is -2.48. The number of nitrogens with one attached hydrogen (secondary N) is 1. The number of aromatic nitrogens is 2. The molecule has 0 aliphatic carbocycles. The molecule has 1 amide bonds. The zero-order valence-corrected chi connectivity index (χ0v) is 30.9. The summed E-state index contributed by atoms with van der Waals surface area (Å²) in [7, 11) is -6.64. The minimum absolute atomic E-state index is 0.000582. The number of aryl methyl sites for hydroxylation is 4. The van der Waals surface area contributed by atoms with Crippen molar-refractivity contribution in [2.75, 3.05) is 38.1 Å². The number of hydrogen-bond acceptors (Lipinski definition) is 12. The largest absolute Gasteiger partial charge is 0.490 e. The van der Waals surface area contributed by atoms with Gasteiger partial charge in [-0.3, -0.25) is 9.52 Å². The van der Waals surface area contributed by atoms with Gasteiger partial charge in [0.15, 0.2) is 16.4 Å². The second-order valence-corrected chi connectivity index (χ2v) is 16.3. The first kappa shape index (κ1) is 38.3. The minimum atomic E-state index is -4.12. The summed E-state index contributed by atoms with van der Waals surface area (Å²) in [5.41, 5.74) is 0.643. The lowest BCUT2D eigenvalue weighted by molar-refractivity contribution is -0.00835. The van der Waals surface area contributed by atoms with Crippen LogP contribution in [0, 0.1) is 33.6 Å². The van der Waals surface area contributed by atoms with Crippen molar-refractivity contribution in [1.82, 2.24) is 19.5 Å². The van der Waals surface area contributed by atoms with E-state index < -0.39 is 44.0 Å². The smallest absolute Gasteiger partial charge is 0.267 e. The fourth-order valence-electron chi connectivity index (χ4n) is 5.86. The number of aliphatic hydroxyl groups is 1. The first-order valence-corrected chi connectivity index (χ1v) is 19.1. The second kappa shape index (κ2) is 15.6. The first-order chi connectivity index (χ1) is 23.0. The maximum Gasteiger partial charge on any atom is 0.267 e. The van der Waals surface area contributed by atoms with E-state index >= 15 is 0 Å². The van der Waals surface area contributed by atoms with E-state index in [0.717, 1.165) is 6.42 Å². The molecule has 0 bridgehead atoms. The van der Waals surface area contributed by atoms with Crippen molar-refractivity contribution in [1.29, 1.82) is 0 Å². The average Bonchev–Trinajstić information content (AvgIpc) is 3.57. The Kier molecular flexibility index (Phi) is 12.2. The van der Waals surface area contributed by atoms with Crippen LogP contribution in [0.25, 0.3) is 0 Å². The molecule has 0 fully saturated rings. The number of hydrogen-bond donors (Lipinski definition) is 2. The zero-order valence-electron chi connectivity index (χ0n) is 29.2. The molecule has 17 heteroatoms. The van der Waals surface area contributed by atoms with E-state index in [4.69, 9.17) is 18.5 Å². The van der Waals surface area contributed by atoms with Crippen LogP contribution < -0.4 is 9.46 Å². The lowest BCUT2D eigenvalue weighted by atomic mass is 10.0. The number of fused-ring (bicyclic) bond motifs is 1. The molecule has 1 aliphatic heterocycles. The number of carbonyl (C=O) groups excluding carboxylic acids is 1.